The molecule has 2 aliphatic heterocycles. The van der Waals surface area contributed by atoms with Crippen LogP contribution in [0.5, 0.6) is 11.5 Å². The van der Waals surface area contributed by atoms with Gasteiger partial charge in [0.25, 0.3) is 5.91 Å². The number of benzene rings is 1. The van der Waals surface area contributed by atoms with Crippen molar-refractivity contribution in [2.24, 2.45) is 4.99 Å². The molecule has 1 aromatic carbocycles. The van der Waals surface area contributed by atoms with Crippen LogP contribution in [0.25, 0.3) is 0 Å². The summed E-state index contributed by atoms with van der Waals surface area (Å²) in [5.74, 6) is 0.774. The number of ether oxygens (including phenoxy) is 3. The van der Waals surface area contributed by atoms with Gasteiger partial charge in [0, 0.05) is 29.0 Å². The first kappa shape index (κ1) is 22.4. The fourth-order valence-corrected chi connectivity index (χ4v) is 7.79. The van der Waals surface area contributed by atoms with E-state index in [1.54, 1.807) is 12.1 Å². The minimum absolute atomic E-state index is 0.00573. The van der Waals surface area contributed by atoms with Crippen molar-refractivity contribution in [3.05, 3.63) is 16.6 Å². The molecule has 0 spiro atoms. The van der Waals surface area contributed by atoms with Crippen molar-refractivity contribution in [2.75, 3.05) is 43.3 Å². The van der Waals surface area contributed by atoms with Crippen molar-refractivity contribution < 1.29 is 27.4 Å². The second-order valence-electron chi connectivity index (χ2n) is 6.51. The molecule has 0 saturated carbocycles. The molecule has 2 atom stereocenters. The summed E-state index contributed by atoms with van der Waals surface area (Å²) in [4.78, 5) is 18.1. The van der Waals surface area contributed by atoms with Crippen LogP contribution in [0.3, 0.4) is 0 Å². The Morgan fingerprint density at radius 1 is 1.24 bits per heavy atom. The highest BCUT2D eigenvalue weighted by atomic mass is 79.9. The van der Waals surface area contributed by atoms with Gasteiger partial charge in [0.2, 0.25) is 0 Å². The van der Waals surface area contributed by atoms with Gasteiger partial charge in [-0.05, 0) is 29.8 Å². The zero-order chi connectivity index (χ0) is 21.2. The smallest absolute Gasteiger partial charge is 0.274 e. The van der Waals surface area contributed by atoms with Crippen LogP contribution in [-0.4, -0.2) is 69.2 Å². The molecule has 0 bridgehead atoms. The number of amidine groups is 1. The van der Waals surface area contributed by atoms with Crippen LogP contribution in [0.15, 0.2) is 21.6 Å². The number of hydrogen-bond acceptors (Lipinski definition) is 7. The number of amides is 1. The summed E-state index contributed by atoms with van der Waals surface area (Å²) in [6.45, 7) is 4.55. The van der Waals surface area contributed by atoms with E-state index < -0.39 is 15.7 Å². The highest BCUT2D eigenvalue weighted by molar-refractivity contribution is 9.10. The lowest BCUT2D eigenvalue weighted by Gasteiger charge is -2.27. The van der Waals surface area contributed by atoms with Crippen LogP contribution in [-0.2, 0) is 19.4 Å². The van der Waals surface area contributed by atoms with Gasteiger partial charge in [-0.3, -0.25) is 4.79 Å². The molecular weight excluding hydrogens is 484 g/mol. The molecule has 2 heterocycles. The topological polar surface area (TPSA) is 94.5 Å². The molecule has 8 nitrogen and oxygen atoms in total. The summed E-state index contributed by atoms with van der Waals surface area (Å²) in [5, 5.41) is 0.271. The van der Waals surface area contributed by atoms with Crippen LogP contribution < -0.4 is 14.4 Å². The zero-order valence-corrected chi connectivity index (χ0v) is 19.6. The third-order valence-corrected chi connectivity index (χ3v) is 8.27. The summed E-state index contributed by atoms with van der Waals surface area (Å²) >= 11 is 4.87. The first-order valence-corrected chi connectivity index (χ1v) is 12.6. The molecule has 2 saturated heterocycles. The highest BCUT2D eigenvalue weighted by Gasteiger charge is 2.50. The average Bonchev–Trinajstić information content (AvgIpc) is 3.09. The molecule has 11 heteroatoms. The summed E-state index contributed by atoms with van der Waals surface area (Å²) in [7, 11) is -1.73. The summed E-state index contributed by atoms with van der Waals surface area (Å²) in [5.41, 5.74) is 0.679. The molecule has 3 rings (SSSR count). The predicted molar refractivity (Wildman–Crippen MR) is 117 cm³/mol. The van der Waals surface area contributed by atoms with Crippen molar-refractivity contribution >= 4 is 54.3 Å². The van der Waals surface area contributed by atoms with E-state index in [-0.39, 0.29) is 29.4 Å². The van der Waals surface area contributed by atoms with Crippen molar-refractivity contribution in [1.29, 1.82) is 0 Å². The fourth-order valence-electron chi connectivity index (χ4n) is 3.35. The maximum absolute atomic E-state index is 12.2. The number of anilines is 1. The van der Waals surface area contributed by atoms with E-state index in [1.165, 1.54) is 18.9 Å². The fraction of sp³-hybridized carbons (Fsp3) is 0.556. The molecular formula is C18H23BrN2O6S2. The number of carbonyl (C=O) groups excluding carboxylic acids is 1. The quantitative estimate of drug-likeness (QED) is 0.556. The third kappa shape index (κ3) is 4.89. The SMILES string of the molecule is CCOc1cc(Br)c(N2C(=NC(=O)COC)S[C@H]3CS(=O)(=O)C[C@H]32)cc1OCC. The van der Waals surface area contributed by atoms with Crippen molar-refractivity contribution in [3.8, 4) is 11.5 Å². The van der Waals surface area contributed by atoms with Crippen molar-refractivity contribution in [2.45, 2.75) is 25.1 Å². The Morgan fingerprint density at radius 2 is 1.90 bits per heavy atom. The number of hydrogen-bond donors (Lipinski definition) is 0. The molecule has 29 heavy (non-hydrogen) atoms. The Hall–Kier alpha value is -1.30. The molecule has 1 aromatic rings. The number of rotatable bonds is 7. The lowest BCUT2D eigenvalue weighted by Crippen LogP contribution is -2.38. The molecule has 0 aliphatic carbocycles. The van der Waals surface area contributed by atoms with E-state index in [2.05, 4.69) is 20.9 Å². The Balaban J connectivity index is 2.08. The summed E-state index contributed by atoms with van der Waals surface area (Å²) in [6, 6.07) is 3.27. The van der Waals surface area contributed by atoms with Crippen LogP contribution in [0.1, 0.15) is 13.8 Å². The van der Waals surface area contributed by atoms with E-state index >= 15 is 0 Å². The second kappa shape index (κ2) is 9.23. The maximum atomic E-state index is 12.2. The Bertz CT molecular complexity index is 921. The van der Waals surface area contributed by atoms with Gasteiger partial charge >= 0.3 is 0 Å². The van der Waals surface area contributed by atoms with Crippen LogP contribution in [0.2, 0.25) is 0 Å². The number of thioether (sulfide) groups is 1. The number of methoxy groups -OCH3 is 1. The number of aliphatic imine (C=N–C) groups is 1. The Labute approximate surface area is 183 Å². The summed E-state index contributed by atoms with van der Waals surface area (Å²) in [6.07, 6.45) is 0. The number of sulfone groups is 1. The van der Waals surface area contributed by atoms with Crippen LogP contribution in [0.4, 0.5) is 5.69 Å². The molecule has 0 radical (unpaired) electrons. The van der Waals surface area contributed by atoms with Gasteiger partial charge in [0.1, 0.15) is 6.61 Å². The van der Waals surface area contributed by atoms with Gasteiger partial charge in [-0.15, -0.1) is 0 Å². The first-order valence-electron chi connectivity index (χ1n) is 9.15. The normalized spacial score (nSPS) is 24.0. The molecule has 2 aliphatic rings. The predicted octanol–water partition coefficient (Wildman–Crippen LogP) is 2.49. The van der Waals surface area contributed by atoms with E-state index in [1.807, 2.05) is 18.7 Å². The van der Waals surface area contributed by atoms with Gasteiger partial charge in [-0.1, -0.05) is 11.8 Å². The van der Waals surface area contributed by atoms with Gasteiger partial charge in [0.05, 0.1) is 36.4 Å². The lowest BCUT2D eigenvalue weighted by molar-refractivity contribution is -0.121. The van der Waals surface area contributed by atoms with Crippen LogP contribution in [0, 0.1) is 0 Å². The standard InChI is InChI=1S/C18H23BrN2O6S2/c1-4-26-14-6-11(19)12(7-15(14)27-5-2)21-13-9-29(23,24)10-16(13)28-18(21)20-17(22)8-25-3/h6-7,13,16H,4-5,8-10H2,1-3H3/t13-,16+/m1/s1. The van der Waals surface area contributed by atoms with E-state index in [4.69, 9.17) is 14.2 Å². The van der Waals surface area contributed by atoms with Gasteiger partial charge in [-0.2, -0.15) is 4.99 Å². The second-order valence-corrected chi connectivity index (χ2v) is 10.7. The van der Waals surface area contributed by atoms with Crippen molar-refractivity contribution in [1.82, 2.24) is 0 Å². The molecule has 0 aromatic heterocycles. The molecule has 0 N–H and O–H groups in total. The molecule has 160 valence electrons. The van der Waals surface area contributed by atoms with E-state index in [0.29, 0.717) is 40.0 Å². The van der Waals surface area contributed by atoms with Gasteiger partial charge in [-0.25, -0.2) is 8.42 Å². The minimum Gasteiger partial charge on any atom is -0.490 e. The minimum atomic E-state index is -3.16. The lowest BCUT2D eigenvalue weighted by atomic mass is 10.2. The molecule has 0 unspecified atom stereocenters. The van der Waals surface area contributed by atoms with E-state index in [9.17, 15) is 13.2 Å². The van der Waals surface area contributed by atoms with Gasteiger partial charge in [0.15, 0.2) is 26.5 Å². The summed E-state index contributed by atoms with van der Waals surface area (Å²) < 4.78 is 41.4. The Morgan fingerprint density at radius 3 is 2.52 bits per heavy atom. The number of nitrogens with zero attached hydrogens (tertiary/aromatic N) is 2. The molecule has 1 amide bonds. The number of carbonyl (C=O) groups is 1. The van der Waals surface area contributed by atoms with Crippen LogP contribution >= 0.6 is 27.7 Å². The number of fused-ring (bicyclic) bond motifs is 1. The molecule has 2 fully saturated rings. The monoisotopic (exact) mass is 506 g/mol. The van der Waals surface area contributed by atoms with Crippen molar-refractivity contribution in [3.63, 3.8) is 0 Å². The van der Waals surface area contributed by atoms with E-state index in [0.717, 1.165) is 0 Å². The zero-order valence-electron chi connectivity index (χ0n) is 16.4. The average molecular weight is 507 g/mol. The highest BCUT2D eigenvalue weighted by Crippen LogP contribution is 2.46. The first-order chi connectivity index (χ1) is 13.8. The third-order valence-electron chi connectivity index (χ3n) is 4.43. The largest absolute Gasteiger partial charge is 0.490 e. The number of halogens is 1. The van der Waals surface area contributed by atoms with Gasteiger partial charge < -0.3 is 19.1 Å². The Kier molecular flexibility index (Phi) is 7.13. The maximum Gasteiger partial charge on any atom is 0.274 e.